The van der Waals surface area contributed by atoms with E-state index < -0.39 is 0 Å². The maximum atomic E-state index is 12.1. The fourth-order valence-corrected chi connectivity index (χ4v) is 3.54. The lowest BCUT2D eigenvalue weighted by molar-refractivity contribution is -0.135. The van der Waals surface area contributed by atoms with Gasteiger partial charge in [0, 0.05) is 19.5 Å². The van der Waals surface area contributed by atoms with Gasteiger partial charge in [0.2, 0.25) is 5.91 Å². The van der Waals surface area contributed by atoms with Crippen LogP contribution in [-0.2, 0) is 4.79 Å². The first-order valence-corrected chi connectivity index (χ1v) is 7.24. The van der Waals surface area contributed by atoms with Crippen molar-refractivity contribution in [3.05, 3.63) is 0 Å². The molecule has 1 spiro atoms. The fraction of sp³-hybridized carbons (Fsp3) is 0.929. The van der Waals surface area contributed by atoms with Crippen molar-refractivity contribution in [3.8, 4) is 0 Å². The topological polar surface area (TPSA) is 46.3 Å². The second kappa shape index (κ2) is 5.85. The minimum Gasteiger partial charge on any atom is -0.342 e. The molecule has 0 unspecified atom stereocenters. The van der Waals surface area contributed by atoms with Crippen molar-refractivity contribution in [3.63, 3.8) is 0 Å². The largest absolute Gasteiger partial charge is 0.342 e. The Morgan fingerprint density at radius 1 is 1.12 bits per heavy atom. The van der Waals surface area contributed by atoms with E-state index in [4.69, 9.17) is 5.73 Å². The van der Waals surface area contributed by atoms with Crippen LogP contribution in [0.15, 0.2) is 0 Å². The van der Waals surface area contributed by atoms with Gasteiger partial charge in [-0.3, -0.25) is 4.79 Å². The Hall–Kier alpha value is -0.570. The molecular formula is C14H26N2O. The molecule has 0 bridgehead atoms. The second-order valence-corrected chi connectivity index (χ2v) is 5.87. The molecule has 2 fully saturated rings. The second-order valence-electron chi connectivity index (χ2n) is 5.87. The Morgan fingerprint density at radius 2 is 1.82 bits per heavy atom. The van der Waals surface area contributed by atoms with Crippen LogP contribution in [0.5, 0.6) is 0 Å². The highest BCUT2D eigenvalue weighted by Gasteiger charge is 2.37. The van der Waals surface area contributed by atoms with Gasteiger partial charge >= 0.3 is 0 Å². The lowest BCUT2D eigenvalue weighted by atomic mass is 9.69. The Balaban J connectivity index is 1.89. The van der Waals surface area contributed by atoms with Crippen molar-refractivity contribution in [2.24, 2.45) is 11.1 Å². The minimum atomic E-state index is 0.333. The summed E-state index contributed by atoms with van der Waals surface area (Å²) in [5.41, 5.74) is 5.95. The van der Waals surface area contributed by atoms with Gasteiger partial charge in [-0.2, -0.15) is 0 Å². The highest BCUT2D eigenvalue weighted by molar-refractivity contribution is 5.76. The molecule has 1 aliphatic carbocycles. The van der Waals surface area contributed by atoms with E-state index in [2.05, 4.69) is 4.90 Å². The van der Waals surface area contributed by atoms with Gasteiger partial charge in [0.1, 0.15) is 0 Å². The van der Waals surface area contributed by atoms with Gasteiger partial charge in [-0.05, 0) is 44.1 Å². The minimum absolute atomic E-state index is 0.333. The molecule has 1 saturated carbocycles. The zero-order valence-electron chi connectivity index (χ0n) is 10.9. The Kier molecular flexibility index (Phi) is 4.43. The van der Waals surface area contributed by atoms with Gasteiger partial charge in [0.15, 0.2) is 0 Å². The molecule has 0 aromatic rings. The third-order valence-electron chi connectivity index (χ3n) is 4.52. The predicted octanol–water partition coefficient (Wildman–Crippen LogP) is 2.30. The summed E-state index contributed by atoms with van der Waals surface area (Å²) in [5, 5.41) is 0. The maximum Gasteiger partial charge on any atom is 0.222 e. The lowest BCUT2D eigenvalue weighted by Gasteiger charge is -2.45. The van der Waals surface area contributed by atoms with Gasteiger partial charge < -0.3 is 10.6 Å². The quantitative estimate of drug-likeness (QED) is 0.820. The maximum absolute atomic E-state index is 12.1. The number of carbonyl (C=O) groups excluding carboxylic acids is 1. The Bertz CT molecular complexity index is 253. The van der Waals surface area contributed by atoms with Crippen molar-refractivity contribution in [1.82, 2.24) is 4.90 Å². The molecule has 17 heavy (non-hydrogen) atoms. The number of hydrogen-bond donors (Lipinski definition) is 1. The van der Waals surface area contributed by atoms with E-state index in [9.17, 15) is 4.79 Å². The Morgan fingerprint density at radius 3 is 2.53 bits per heavy atom. The Labute approximate surface area is 105 Å². The number of amides is 1. The van der Waals surface area contributed by atoms with Crippen LogP contribution in [0.25, 0.3) is 0 Å². The number of carbonyl (C=O) groups is 1. The third kappa shape index (κ3) is 3.21. The molecule has 0 aromatic carbocycles. The SMILES string of the molecule is NCCCC(=O)N1CCCC2(CCCCC2)C1. The molecular weight excluding hydrogens is 212 g/mol. The summed E-state index contributed by atoms with van der Waals surface area (Å²) in [5.74, 6) is 0.333. The molecule has 1 aliphatic heterocycles. The molecule has 0 aromatic heterocycles. The normalized spacial score (nSPS) is 23.9. The molecule has 1 amide bonds. The van der Waals surface area contributed by atoms with E-state index in [1.165, 1.54) is 44.9 Å². The van der Waals surface area contributed by atoms with Crippen LogP contribution < -0.4 is 5.73 Å². The molecule has 3 heteroatoms. The summed E-state index contributed by atoms with van der Waals surface area (Å²) >= 11 is 0. The first-order valence-electron chi connectivity index (χ1n) is 7.24. The highest BCUT2D eigenvalue weighted by Crippen LogP contribution is 2.43. The van der Waals surface area contributed by atoms with Crippen molar-refractivity contribution < 1.29 is 4.79 Å². The van der Waals surface area contributed by atoms with E-state index in [-0.39, 0.29) is 0 Å². The van der Waals surface area contributed by atoms with Crippen LogP contribution in [-0.4, -0.2) is 30.4 Å². The van der Waals surface area contributed by atoms with Crippen LogP contribution in [0.2, 0.25) is 0 Å². The van der Waals surface area contributed by atoms with E-state index in [0.29, 0.717) is 24.3 Å². The van der Waals surface area contributed by atoms with Gasteiger partial charge in [-0.15, -0.1) is 0 Å². The van der Waals surface area contributed by atoms with Crippen LogP contribution in [0.3, 0.4) is 0 Å². The number of piperidine rings is 1. The molecule has 98 valence electrons. The standard InChI is InChI=1S/C14H26N2O/c15-10-4-6-13(17)16-11-5-9-14(12-16)7-2-1-3-8-14/h1-12,15H2. The number of rotatable bonds is 3. The summed E-state index contributed by atoms with van der Waals surface area (Å²) in [7, 11) is 0. The van der Waals surface area contributed by atoms with E-state index in [1.807, 2.05) is 0 Å². The van der Waals surface area contributed by atoms with Crippen molar-refractivity contribution >= 4 is 5.91 Å². The first kappa shape index (κ1) is 12.9. The molecule has 0 atom stereocenters. The van der Waals surface area contributed by atoms with E-state index >= 15 is 0 Å². The van der Waals surface area contributed by atoms with Crippen molar-refractivity contribution in [2.75, 3.05) is 19.6 Å². The zero-order chi connectivity index (χ0) is 12.1. The molecule has 2 N–H and O–H groups in total. The van der Waals surface area contributed by atoms with Crippen LogP contribution in [0, 0.1) is 5.41 Å². The summed E-state index contributed by atoms with van der Waals surface area (Å²) in [6.45, 7) is 2.63. The van der Waals surface area contributed by atoms with Crippen LogP contribution in [0.1, 0.15) is 57.8 Å². The molecule has 1 saturated heterocycles. The molecule has 0 radical (unpaired) electrons. The monoisotopic (exact) mass is 238 g/mol. The fourth-order valence-electron chi connectivity index (χ4n) is 3.54. The van der Waals surface area contributed by atoms with E-state index in [0.717, 1.165) is 19.5 Å². The average Bonchev–Trinajstić information content (AvgIpc) is 2.37. The summed E-state index contributed by atoms with van der Waals surface area (Å²) in [6, 6.07) is 0. The van der Waals surface area contributed by atoms with Crippen molar-refractivity contribution in [2.45, 2.75) is 57.8 Å². The van der Waals surface area contributed by atoms with Gasteiger partial charge in [-0.1, -0.05) is 19.3 Å². The summed E-state index contributed by atoms with van der Waals surface area (Å²) in [4.78, 5) is 14.2. The zero-order valence-corrected chi connectivity index (χ0v) is 10.9. The predicted molar refractivity (Wildman–Crippen MR) is 69.6 cm³/mol. The van der Waals surface area contributed by atoms with Crippen molar-refractivity contribution in [1.29, 1.82) is 0 Å². The van der Waals surface area contributed by atoms with Crippen LogP contribution >= 0.6 is 0 Å². The molecule has 2 aliphatic rings. The van der Waals surface area contributed by atoms with E-state index in [1.54, 1.807) is 0 Å². The first-order chi connectivity index (χ1) is 8.26. The average molecular weight is 238 g/mol. The molecule has 1 heterocycles. The molecule has 2 rings (SSSR count). The van der Waals surface area contributed by atoms with Gasteiger partial charge in [0.25, 0.3) is 0 Å². The number of likely N-dealkylation sites (tertiary alicyclic amines) is 1. The number of hydrogen-bond acceptors (Lipinski definition) is 2. The third-order valence-corrected chi connectivity index (χ3v) is 4.52. The molecule has 3 nitrogen and oxygen atoms in total. The summed E-state index contributed by atoms with van der Waals surface area (Å²) in [6.07, 6.45) is 10.8. The van der Waals surface area contributed by atoms with Gasteiger partial charge in [-0.25, -0.2) is 0 Å². The number of nitrogens with zero attached hydrogens (tertiary/aromatic N) is 1. The lowest BCUT2D eigenvalue weighted by Crippen LogP contribution is -2.46. The number of nitrogens with two attached hydrogens (primary N) is 1. The van der Waals surface area contributed by atoms with Crippen LogP contribution in [0.4, 0.5) is 0 Å². The highest BCUT2D eigenvalue weighted by atomic mass is 16.2. The smallest absolute Gasteiger partial charge is 0.222 e. The van der Waals surface area contributed by atoms with Gasteiger partial charge in [0.05, 0.1) is 0 Å². The summed E-state index contributed by atoms with van der Waals surface area (Å²) < 4.78 is 0.